The Labute approximate surface area is 138 Å². The fourth-order valence-electron chi connectivity index (χ4n) is 2.17. The molecule has 0 unspecified atom stereocenters. The van der Waals surface area contributed by atoms with Crippen molar-refractivity contribution < 1.29 is 14.3 Å². The quantitative estimate of drug-likeness (QED) is 0.382. The van der Waals surface area contributed by atoms with Gasteiger partial charge in [0.1, 0.15) is 11.5 Å². The Morgan fingerprint density at radius 1 is 1.04 bits per heavy atom. The first-order valence-electron chi connectivity index (χ1n) is 7.12. The van der Waals surface area contributed by atoms with Crippen LogP contribution >= 0.6 is 11.3 Å². The third-order valence-corrected chi connectivity index (χ3v) is 4.57. The van der Waals surface area contributed by atoms with E-state index >= 15 is 0 Å². The van der Waals surface area contributed by atoms with Crippen LogP contribution in [0.4, 0.5) is 0 Å². The van der Waals surface area contributed by atoms with Crippen molar-refractivity contribution in [2.75, 3.05) is 7.11 Å². The van der Waals surface area contributed by atoms with E-state index in [4.69, 9.17) is 9.47 Å². The minimum atomic E-state index is -0.406. The lowest BCUT2D eigenvalue weighted by Gasteiger charge is -2.03. The molecule has 0 N–H and O–H groups in total. The van der Waals surface area contributed by atoms with E-state index in [0.29, 0.717) is 11.3 Å². The van der Waals surface area contributed by atoms with E-state index in [2.05, 4.69) is 12.6 Å². The maximum absolute atomic E-state index is 11.6. The SMILES string of the molecule is C=C(C)C(=O)Oc1ccc2cc(-c3ccc(OC)cc3)sc2c1. The highest BCUT2D eigenvalue weighted by Gasteiger charge is 2.09. The number of fused-ring (bicyclic) bond motifs is 1. The van der Waals surface area contributed by atoms with E-state index in [9.17, 15) is 4.79 Å². The van der Waals surface area contributed by atoms with Crippen LogP contribution in [0.25, 0.3) is 20.5 Å². The molecule has 1 heterocycles. The van der Waals surface area contributed by atoms with E-state index in [1.807, 2.05) is 36.4 Å². The van der Waals surface area contributed by atoms with Crippen molar-refractivity contribution in [1.29, 1.82) is 0 Å². The van der Waals surface area contributed by atoms with E-state index < -0.39 is 5.97 Å². The maximum atomic E-state index is 11.6. The summed E-state index contributed by atoms with van der Waals surface area (Å²) in [4.78, 5) is 12.8. The number of ether oxygens (including phenoxy) is 2. The van der Waals surface area contributed by atoms with Crippen LogP contribution in [0, 0.1) is 0 Å². The summed E-state index contributed by atoms with van der Waals surface area (Å²) >= 11 is 1.66. The molecule has 0 fully saturated rings. The zero-order chi connectivity index (χ0) is 16.4. The molecule has 4 heteroatoms. The summed E-state index contributed by atoms with van der Waals surface area (Å²) in [5.74, 6) is 0.966. The molecule has 3 rings (SSSR count). The Morgan fingerprint density at radius 3 is 2.39 bits per heavy atom. The molecule has 0 saturated carbocycles. The number of carbonyl (C=O) groups is 1. The number of hydrogen-bond acceptors (Lipinski definition) is 4. The second-order valence-electron chi connectivity index (χ2n) is 5.21. The van der Waals surface area contributed by atoms with Gasteiger partial charge in [-0.1, -0.05) is 6.58 Å². The first-order valence-corrected chi connectivity index (χ1v) is 7.94. The predicted octanol–water partition coefficient (Wildman–Crippen LogP) is 5.06. The lowest BCUT2D eigenvalue weighted by molar-refractivity contribution is -0.130. The van der Waals surface area contributed by atoms with Gasteiger partial charge < -0.3 is 9.47 Å². The van der Waals surface area contributed by atoms with Gasteiger partial charge in [-0.2, -0.15) is 0 Å². The highest BCUT2D eigenvalue weighted by molar-refractivity contribution is 7.22. The number of rotatable bonds is 4. The summed E-state index contributed by atoms with van der Waals surface area (Å²) in [7, 11) is 1.65. The minimum Gasteiger partial charge on any atom is -0.497 e. The standard InChI is InChI=1S/C19H16O3S/c1-12(2)19(20)22-16-9-6-14-10-17(23-18(14)11-16)13-4-7-15(21-3)8-5-13/h4-11H,1H2,2-3H3. The average molecular weight is 324 g/mol. The summed E-state index contributed by atoms with van der Waals surface area (Å²) in [5, 5.41) is 1.12. The molecule has 0 aliphatic rings. The fraction of sp³-hybridized carbons (Fsp3) is 0.105. The molecule has 0 bridgehead atoms. The number of hydrogen-bond donors (Lipinski definition) is 0. The van der Waals surface area contributed by atoms with Gasteiger partial charge in [0, 0.05) is 15.2 Å². The van der Waals surface area contributed by atoms with Crippen molar-refractivity contribution in [3.63, 3.8) is 0 Å². The van der Waals surface area contributed by atoms with E-state index in [1.54, 1.807) is 31.4 Å². The molecular weight excluding hydrogens is 308 g/mol. The van der Waals surface area contributed by atoms with Crippen LogP contribution in [0.1, 0.15) is 6.92 Å². The molecule has 23 heavy (non-hydrogen) atoms. The Hall–Kier alpha value is -2.59. The highest BCUT2D eigenvalue weighted by Crippen LogP contribution is 2.36. The van der Waals surface area contributed by atoms with Crippen molar-refractivity contribution in [2.45, 2.75) is 6.92 Å². The van der Waals surface area contributed by atoms with Gasteiger partial charge >= 0.3 is 5.97 Å². The van der Waals surface area contributed by atoms with Gasteiger partial charge in [-0.05, 0) is 66.4 Å². The monoisotopic (exact) mass is 324 g/mol. The van der Waals surface area contributed by atoms with E-state index in [1.165, 1.54) is 0 Å². The van der Waals surface area contributed by atoms with Crippen molar-refractivity contribution in [3.8, 4) is 21.9 Å². The number of benzene rings is 2. The van der Waals surface area contributed by atoms with Crippen molar-refractivity contribution in [2.24, 2.45) is 0 Å². The van der Waals surface area contributed by atoms with Gasteiger partial charge in [0.05, 0.1) is 7.11 Å². The second-order valence-corrected chi connectivity index (χ2v) is 6.29. The van der Waals surface area contributed by atoms with Gasteiger partial charge in [0.15, 0.2) is 0 Å². The Kier molecular flexibility index (Phi) is 4.17. The fourth-order valence-corrected chi connectivity index (χ4v) is 3.26. The van der Waals surface area contributed by atoms with Crippen molar-refractivity contribution in [3.05, 3.63) is 60.7 Å². The van der Waals surface area contributed by atoms with Crippen LogP contribution < -0.4 is 9.47 Å². The van der Waals surface area contributed by atoms with Gasteiger partial charge in [-0.3, -0.25) is 0 Å². The van der Waals surface area contributed by atoms with Crippen LogP contribution in [-0.4, -0.2) is 13.1 Å². The molecule has 2 aromatic carbocycles. The van der Waals surface area contributed by atoms with Crippen LogP contribution in [0.15, 0.2) is 60.7 Å². The topological polar surface area (TPSA) is 35.5 Å². The van der Waals surface area contributed by atoms with E-state index in [0.717, 1.165) is 26.3 Å². The number of thiophene rings is 1. The zero-order valence-electron chi connectivity index (χ0n) is 13.0. The third-order valence-electron chi connectivity index (χ3n) is 3.43. The van der Waals surface area contributed by atoms with E-state index in [-0.39, 0.29) is 0 Å². The van der Waals surface area contributed by atoms with Crippen LogP contribution in [0.5, 0.6) is 11.5 Å². The molecule has 0 atom stereocenters. The number of esters is 1. The molecule has 0 aliphatic carbocycles. The molecular formula is C19H16O3S. The largest absolute Gasteiger partial charge is 0.497 e. The molecule has 1 aromatic heterocycles. The molecule has 0 amide bonds. The zero-order valence-corrected chi connectivity index (χ0v) is 13.8. The average Bonchev–Trinajstić information content (AvgIpc) is 2.98. The lowest BCUT2D eigenvalue weighted by Crippen LogP contribution is -2.07. The molecule has 0 radical (unpaired) electrons. The molecule has 116 valence electrons. The lowest BCUT2D eigenvalue weighted by atomic mass is 10.1. The molecule has 3 nitrogen and oxygen atoms in total. The van der Waals surface area contributed by atoms with Gasteiger partial charge in [-0.25, -0.2) is 4.79 Å². The Balaban J connectivity index is 1.92. The van der Waals surface area contributed by atoms with Crippen molar-refractivity contribution >= 4 is 27.4 Å². The third kappa shape index (κ3) is 3.27. The van der Waals surface area contributed by atoms with Crippen molar-refractivity contribution in [1.82, 2.24) is 0 Å². The first-order chi connectivity index (χ1) is 11.1. The van der Waals surface area contributed by atoms with Gasteiger partial charge in [0.2, 0.25) is 0 Å². The minimum absolute atomic E-state index is 0.384. The molecule has 0 aliphatic heterocycles. The molecule has 0 saturated heterocycles. The summed E-state index contributed by atoms with van der Waals surface area (Å²) in [6, 6.07) is 15.7. The van der Waals surface area contributed by atoms with Gasteiger partial charge in [0.25, 0.3) is 0 Å². The Bertz CT molecular complexity index is 875. The highest BCUT2D eigenvalue weighted by atomic mass is 32.1. The maximum Gasteiger partial charge on any atom is 0.338 e. The second kappa shape index (κ2) is 6.26. The summed E-state index contributed by atoms with van der Waals surface area (Å²) in [6.45, 7) is 5.22. The normalized spacial score (nSPS) is 10.5. The smallest absolute Gasteiger partial charge is 0.338 e. The van der Waals surface area contributed by atoms with Gasteiger partial charge in [-0.15, -0.1) is 11.3 Å². The molecule has 0 spiro atoms. The summed E-state index contributed by atoms with van der Waals surface area (Å²) in [5.41, 5.74) is 1.52. The Morgan fingerprint density at radius 2 is 1.74 bits per heavy atom. The molecule has 3 aromatic rings. The predicted molar refractivity (Wildman–Crippen MR) is 94.3 cm³/mol. The first kappa shape index (κ1) is 15.3. The summed E-state index contributed by atoms with van der Waals surface area (Å²) < 4.78 is 11.5. The van der Waals surface area contributed by atoms with Crippen LogP contribution in [-0.2, 0) is 4.79 Å². The van der Waals surface area contributed by atoms with Crippen LogP contribution in [0.3, 0.4) is 0 Å². The van der Waals surface area contributed by atoms with Crippen LogP contribution in [0.2, 0.25) is 0 Å². The number of carbonyl (C=O) groups excluding carboxylic acids is 1. The summed E-state index contributed by atoms with van der Waals surface area (Å²) in [6.07, 6.45) is 0. The number of methoxy groups -OCH3 is 1.